The number of para-hydroxylation sites is 1. The SMILES string of the molecule is NC(=O)c1nn(-c2c(F)cccc2C(F)(F)F)cc1Nc1ccc(C(=O)N2CC3(CCC3)C2)cc1. The minimum Gasteiger partial charge on any atom is -0.364 e. The second kappa shape index (κ2) is 8.10. The van der Waals surface area contributed by atoms with E-state index in [1.165, 1.54) is 6.42 Å². The average molecular weight is 487 g/mol. The van der Waals surface area contributed by atoms with E-state index in [0.717, 1.165) is 50.3 Å². The van der Waals surface area contributed by atoms with Gasteiger partial charge in [0.25, 0.3) is 11.8 Å². The summed E-state index contributed by atoms with van der Waals surface area (Å²) >= 11 is 0. The number of rotatable bonds is 5. The maximum Gasteiger partial charge on any atom is 0.418 e. The van der Waals surface area contributed by atoms with Gasteiger partial charge in [-0.1, -0.05) is 12.5 Å². The second-order valence-corrected chi connectivity index (χ2v) is 9.05. The smallest absolute Gasteiger partial charge is 0.364 e. The highest BCUT2D eigenvalue weighted by Crippen LogP contribution is 2.48. The summed E-state index contributed by atoms with van der Waals surface area (Å²) in [5.74, 6) is -2.24. The number of carbonyl (C=O) groups is 2. The molecule has 2 aliphatic rings. The number of nitrogens with one attached hydrogen (secondary N) is 1. The van der Waals surface area contributed by atoms with Crippen LogP contribution in [0.1, 0.15) is 45.7 Å². The van der Waals surface area contributed by atoms with Gasteiger partial charge in [-0.05, 0) is 49.2 Å². The number of benzene rings is 2. The summed E-state index contributed by atoms with van der Waals surface area (Å²) in [6.07, 6.45) is -0.258. The van der Waals surface area contributed by atoms with Crippen LogP contribution >= 0.6 is 0 Å². The average Bonchev–Trinajstić information content (AvgIpc) is 3.15. The molecule has 3 N–H and O–H groups in total. The zero-order valence-corrected chi connectivity index (χ0v) is 18.4. The van der Waals surface area contributed by atoms with Crippen molar-refractivity contribution in [2.45, 2.75) is 25.4 Å². The van der Waals surface area contributed by atoms with Crippen LogP contribution in [0.25, 0.3) is 5.69 Å². The van der Waals surface area contributed by atoms with Crippen molar-refractivity contribution in [3.05, 3.63) is 71.3 Å². The van der Waals surface area contributed by atoms with Gasteiger partial charge in [0.05, 0.1) is 17.4 Å². The summed E-state index contributed by atoms with van der Waals surface area (Å²) < 4.78 is 55.3. The molecule has 2 fully saturated rings. The van der Waals surface area contributed by atoms with Gasteiger partial charge in [0.1, 0.15) is 11.5 Å². The predicted molar refractivity (Wildman–Crippen MR) is 119 cm³/mol. The Balaban J connectivity index is 1.39. The van der Waals surface area contributed by atoms with Gasteiger partial charge in [-0.3, -0.25) is 9.59 Å². The van der Waals surface area contributed by atoms with Crippen LogP contribution in [0.2, 0.25) is 0 Å². The highest BCUT2D eigenvalue weighted by molar-refractivity contribution is 5.98. The van der Waals surface area contributed by atoms with Crippen LogP contribution in [0, 0.1) is 11.2 Å². The van der Waals surface area contributed by atoms with Crippen LogP contribution in [0.5, 0.6) is 0 Å². The topological polar surface area (TPSA) is 93.2 Å². The molecule has 2 amide bonds. The maximum atomic E-state index is 14.4. The molecule has 0 unspecified atom stereocenters. The van der Waals surface area contributed by atoms with E-state index in [4.69, 9.17) is 5.73 Å². The molecule has 11 heteroatoms. The van der Waals surface area contributed by atoms with Crippen molar-refractivity contribution in [2.75, 3.05) is 18.4 Å². The number of hydrogen-bond acceptors (Lipinski definition) is 4. The largest absolute Gasteiger partial charge is 0.418 e. The molecule has 2 aromatic carbocycles. The summed E-state index contributed by atoms with van der Waals surface area (Å²) in [7, 11) is 0. The molecule has 7 nitrogen and oxygen atoms in total. The van der Waals surface area contributed by atoms with Crippen molar-refractivity contribution >= 4 is 23.2 Å². The molecule has 3 aromatic rings. The lowest BCUT2D eigenvalue weighted by molar-refractivity contribution is -0.137. The Morgan fingerprint density at radius 1 is 1.06 bits per heavy atom. The van der Waals surface area contributed by atoms with Gasteiger partial charge < -0.3 is 16.0 Å². The molecule has 1 aromatic heterocycles. The van der Waals surface area contributed by atoms with Crippen molar-refractivity contribution in [1.82, 2.24) is 14.7 Å². The fraction of sp³-hybridized carbons (Fsp3) is 0.292. The van der Waals surface area contributed by atoms with E-state index < -0.39 is 29.2 Å². The van der Waals surface area contributed by atoms with Crippen LogP contribution in [-0.2, 0) is 6.18 Å². The Kier molecular flexibility index (Phi) is 5.30. The number of primary amides is 1. The molecule has 1 saturated heterocycles. The molecular formula is C24H21F4N5O2. The van der Waals surface area contributed by atoms with Crippen molar-refractivity contribution in [3.8, 4) is 5.69 Å². The first-order valence-electron chi connectivity index (χ1n) is 11.0. The summed E-state index contributed by atoms with van der Waals surface area (Å²) in [6.45, 7) is 1.53. The monoisotopic (exact) mass is 487 g/mol. The molecule has 2 heterocycles. The Bertz CT molecular complexity index is 1300. The Morgan fingerprint density at radius 3 is 2.31 bits per heavy atom. The lowest BCUT2D eigenvalue weighted by Crippen LogP contribution is -2.61. The molecule has 0 atom stereocenters. The molecule has 0 bridgehead atoms. The standard InChI is InChI=1S/C24H21F4N5O2/c25-17-4-1-3-16(24(26,27)28)20(17)33-11-18(19(31-33)21(29)34)30-15-7-5-14(6-8-15)22(35)32-12-23(13-32)9-2-10-23/h1,3-8,11,30H,2,9-10,12-13H2,(H2,29,34). The number of nitrogens with two attached hydrogens (primary N) is 1. The van der Waals surface area contributed by atoms with Crippen LogP contribution in [0.15, 0.2) is 48.7 Å². The van der Waals surface area contributed by atoms with E-state index in [2.05, 4.69) is 10.4 Å². The van der Waals surface area contributed by atoms with E-state index in [9.17, 15) is 27.2 Å². The van der Waals surface area contributed by atoms with Crippen molar-refractivity contribution in [3.63, 3.8) is 0 Å². The minimum absolute atomic E-state index is 0.0115. The summed E-state index contributed by atoms with van der Waals surface area (Å²) in [4.78, 5) is 26.4. The molecule has 0 radical (unpaired) electrons. The molecule has 1 aliphatic heterocycles. The van der Waals surface area contributed by atoms with Crippen molar-refractivity contribution in [1.29, 1.82) is 0 Å². The number of carbonyl (C=O) groups excluding carboxylic acids is 2. The van der Waals surface area contributed by atoms with Crippen LogP contribution in [0.4, 0.5) is 28.9 Å². The predicted octanol–water partition coefficient (Wildman–Crippen LogP) is 4.50. The molecule has 1 saturated carbocycles. The maximum absolute atomic E-state index is 14.4. The van der Waals surface area contributed by atoms with Gasteiger partial charge in [-0.2, -0.15) is 18.3 Å². The lowest BCUT2D eigenvalue weighted by Gasteiger charge is -2.55. The third-order valence-corrected chi connectivity index (χ3v) is 6.63. The van der Waals surface area contributed by atoms with Crippen LogP contribution in [0.3, 0.4) is 0 Å². The minimum atomic E-state index is -4.85. The highest BCUT2D eigenvalue weighted by atomic mass is 19.4. The number of alkyl halides is 3. The quantitative estimate of drug-likeness (QED) is 0.519. The van der Waals surface area contributed by atoms with Gasteiger partial charge in [0.15, 0.2) is 5.69 Å². The zero-order valence-electron chi connectivity index (χ0n) is 18.4. The molecule has 5 rings (SSSR count). The van der Waals surface area contributed by atoms with Crippen LogP contribution in [-0.4, -0.2) is 39.6 Å². The first-order valence-corrected chi connectivity index (χ1v) is 11.0. The number of aromatic nitrogens is 2. The number of hydrogen-bond donors (Lipinski definition) is 2. The van der Waals surface area contributed by atoms with Gasteiger partial charge >= 0.3 is 6.18 Å². The van der Waals surface area contributed by atoms with Crippen LogP contribution < -0.4 is 11.1 Å². The van der Waals surface area contributed by atoms with E-state index >= 15 is 0 Å². The van der Waals surface area contributed by atoms with Crippen molar-refractivity contribution < 1.29 is 27.2 Å². The molecule has 35 heavy (non-hydrogen) atoms. The number of halogens is 4. The van der Waals surface area contributed by atoms with Gasteiger partial charge in [-0.25, -0.2) is 9.07 Å². The summed E-state index contributed by atoms with van der Waals surface area (Å²) in [5, 5.41) is 6.67. The fourth-order valence-electron chi connectivity index (χ4n) is 4.67. The van der Waals surface area contributed by atoms with E-state index in [1.54, 1.807) is 24.3 Å². The number of anilines is 2. The summed E-state index contributed by atoms with van der Waals surface area (Å²) in [5.41, 5.74) is 4.12. The normalized spacial score (nSPS) is 16.5. The number of likely N-dealkylation sites (tertiary alicyclic amines) is 1. The Hall–Kier alpha value is -3.89. The van der Waals surface area contributed by atoms with E-state index in [0.29, 0.717) is 21.3 Å². The molecule has 182 valence electrons. The lowest BCUT2D eigenvalue weighted by atomic mass is 9.63. The first kappa shape index (κ1) is 22.9. The third kappa shape index (κ3) is 4.11. The Labute approximate surface area is 197 Å². The molecular weight excluding hydrogens is 466 g/mol. The zero-order chi connectivity index (χ0) is 25.0. The molecule has 1 aliphatic carbocycles. The van der Waals surface area contributed by atoms with Gasteiger partial charge in [0.2, 0.25) is 0 Å². The van der Waals surface area contributed by atoms with E-state index in [-0.39, 0.29) is 17.3 Å². The first-order chi connectivity index (χ1) is 16.6. The third-order valence-electron chi connectivity index (χ3n) is 6.63. The van der Waals surface area contributed by atoms with E-state index in [1.807, 2.05) is 4.90 Å². The van der Waals surface area contributed by atoms with Gasteiger partial charge in [0, 0.05) is 29.8 Å². The Morgan fingerprint density at radius 2 is 1.74 bits per heavy atom. The molecule has 1 spiro atoms. The van der Waals surface area contributed by atoms with Crippen molar-refractivity contribution in [2.24, 2.45) is 11.1 Å². The summed E-state index contributed by atoms with van der Waals surface area (Å²) in [6, 6.07) is 8.94. The van der Waals surface area contributed by atoms with Gasteiger partial charge in [-0.15, -0.1) is 0 Å². The number of nitrogens with zero attached hydrogens (tertiary/aromatic N) is 3. The second-order valence-electron chi connectivity index (χ2n) is 9.05. The fourth-order valence-corrected chi connectivity index (χ4v) is 4.67. The number of amides is 2. The highest BCUT2D eigenvalue weighted by Gasteiger charge is 2.49.